The number of carbonyl (C=O) groups excluding carboxylic acids is 1. The number of rotatable bonds is 2. The second-order valence-corrected chi connectivity index (χ2v) is 9.20. The van der Waals surface area contributed by atoms with Gasteiger partial charge in [0.25, 0.3) is 5.91 Å². The van der Waals surface area contributed by atoms with Crippen LogP contribution >= 0.6 is 0 Å². The number of aryl methyl sites for hydroxylation is 6. The van der Waals surface area contributed by atoms with Crippen LogP contribution in [0.2, 0.25) is 0 Å². The third-order valence-corrected chi connectivity index (χ3v) is 6.77. The predicted molar refractivity (Wildman–Crippen MR) is 116 cm³/mol. The summed E-state index contributed by atoms with van der Waals surface area (Å²) in [5.74, 6) is -0.0154. The highest BCUT2D eigenvalue weighted by molar-refractivity contribution is 6.07. The molecule has 5 rings (SSSR count). The van der Waals surface area contributed by atoms with Crippen LogP contribution in [0.4, 0.5) is 0 Å². The van der Waals surface area contributed by atoms with Gasteiger partial charge in [0.1, 0.15) is 6.10 Å². The van der Waals surface area contributed by atoms with Gasteiger partial charge >= 0.3 is 0 Å². The smallest absolute Gasteiger partial charge is 0.278 e. The Balaban J connectivity index is 1.50. The van der Waals surface area contributed by atoms with Gasteiger partial charge < -0.3 is 4.84 Å². The Hall–Kier alpha value is -2.66. The quantitative estimate of drug-likeness (QED) is 0.741. The fraction of sp³-hybridized carbons (Fsp3) is 0.440. The van der Waals surface area contributed by atoms with Crippen LogP contribution in [0.1, 0.15) is 55.7 Å². The number of hydrogen-bond donors (Lipinski definition) is 0. The number of nitrogens with zero attached hydrogens (tertiary/aromatic N) is 2. The molecule has 2 fully saturated rings. The summed E-state index contributed by atoms with van der Waals surface area (Å²) >= 11 is 0. The van der Waals surface area contributed by atoms with Gasteiger partial charge in [-0.3, -0.25) is 9.63 Å². The first-order valence-electron chi connectivity index (χ1n) is 10.7. The molecule has 2 bridgehead atoms. The normalized spacial score (nSPS) is 26.6. The Kier molecular flexibility index (Phi) is 4.30. The van der Waals surface area contributed by atoms with Crippen molar-refractivity contribution in [1.82, 2.24) is 5.06 Å². The molecule has 1 amide bonds. The molecule has 2 heterocycles. The standard InChI is InChI=1S/C25H28N2O3/c1-12-7-14(3)20(15(4)8-12)23-22-18-11-19(24(22)29-26-23)30-27(18)25(28)21-16(5)9-13(2)10-17(21)6/h7-10,18-19,22,24H,11H2,1-6H3/t18-,19+,22-,24-/m1/s1. The highest BCUT2D eigenvalue weighted by Gasteiger charge is 2.61. The van der Waals surface area contributed by atoms with Gasteiger partial charge in [-0.2, -0.15) is 0 Å². The van der Waals surface area contributed by atoms with Crippen molar-refractivity contribution < 1.29 is 14.5 Å². The molecule has 0 N–H and O–H groups in total. The fourth-order valence-corrected chi connectivity index (χ4v) is 5.81. The van der Waals surface area contributed by atoms with Gasteiger partial charge in [0, 0.05) is 17.5 Å². The highest BCUT2D eigenvalue weighted by atomic mass is 16.7. The molecule has 0 spiro atoms. The largest absolute Gasteiger partial charge is 0.389 e. The second-order valence-electron chi connectivity index (χ2n) is 9.20. The Morgan fingerprint density at radius 1 is 0.933 bits per heavy atom. The molecule has 30 heavy (non-hydrogen) atoms. The lowest BCUT2D eigenvalue weighted by atomic mass is 9.85. The van der Waals surface area contributed by atoms with E-state index in [-0.39, 0.29) is 30.1 Å². The van der Waals surface area contributed by atoms with Crippen molar-refractivity contribution >= 4 is 11.6 Å². The number of hydrogen-bond acceptors (Lipinski definition) is 4. The Labute approximate surface area is 177 Å². The highest BCUT2D eigenvalue weighted by Crippen LogP contribution is 2.47. The minimum absolute atomic E-state index is 0.0406. The Bertz CT molecular complexity index is 1060. The summed E-state index contributed by atoms with van der Waals surface area (Å²) in [6.07, 6.45) is 0.533. The van der Waals surface area contributed by atoms with Crippen LogP contribution in [0.5, 0.6) is 0 Å². The molecule has 2 aromatic rings. The zero-order valence-corrected chi connectivity index (χ0v) is 18.4. The van der Waals surface area contributed by atoms with E-state index >= 15 is 0 Å². The van der Waals surface area contributed by atoms with E-state index < -0.39 is 0 Å². The fourth-order valence-electron chi connectivity index (χ4n) is 5.81. The van der Waals surface area contributed by atoms with Crippen molar-refractivity contribution in [2.45, 2.75) is 66.2 Å². The summed E-state index contributed by atoms with van der Waals surface area (Å²) in [5.41, 5.74) is 9.62. The summed E-state index contributed by atoms with van der Waals surface area (Å²) in [5, 5.41) is 6.11. The van der Waals surface area contributed by atoms with Crippen molar-refractivity contribution in [3.8, 4) is 0 Å². The maximum absolute atomic E-state index is 13.5. The molecule has 4 atom stereocenters. The molecule has 2 aromatic carbocycles. The number of fused-ring (bicyclic) bond motifs is 5. The minimum atomic E-state index is -0.137. The van der Waals surface area contributed by atoms with E-state index in [2.05, 4.69) is 57.1 Å². The van der Waals surface area contributed by atoms with Crippen LogP contribution in [-0.4, -0.2) is 34.9 Å². The molecule has 0 radical (unpaired) electrons. The monoisotopic (exact) mass is 404 g/mol. The molecular weight excluding hydrogens is 376 g/mol. The number of benzene rings is 2. The van der Waals surface area contributed by atoms with Gasteiger partial charge in [0.2, 0.25) is 0 Å². The summed E-state index contributed by atoms with van der Waals surface area (Å²) in [7, 11) is 0. The summed E-state index contributed by atoms with van der Waals surface area (Å²) in [6, 6.07) is 8.42. The molecule has 0 unspecified atom stereocenters. The first kappa shape index (κ1) is 19.3. The maximum Gasteiger partial charge on any atom is 0.278 e. The number of oxime groups is 1. The first-order valence-corrected chi connectivity index (χ1v) is 10.7. The minimum Gasteiger partial charge on any atom is -0.389 e. The average Bonchev–Trinajstić information content (AvgIpc) is 3.32. The van der Waals surface area contributed by atoms with E-state index in [4.69, 9.17) is 9.68 Å². The van der Waals surface area contributed by atoms with E-state index in [0.29, 0.717) is 0 Å². The van der Waals surface area contributed by atoms with Gasteiger partial charge in [-0.15, -0.1) is 0 Å². The molecule has 156 valence electrons. The Morgan fingerprint density at radius 2 is 1.50 bits per heavy atom. The van der Waals surface area contributed by atoms with Crippen LogP contribution < -0.4 is 0 Å². The van der Waals surface area contributed by atoms with E-state index in [9.17, 15) is 4.79 Å². The average molecular weight is 405 g/mol. The van der Waals surface area contributed by atoms with Crippen molar-refractivity contribution in [2.75, 3.05) is 0 Å². The van der Waals surface area contributed by atoms with Crippen LogP contribution in [0.3, 0.4) is 0 Å². The topological polar surface area (TPSA) is 51.1 Å². The molecule has 5 nitrogen and oxygen atoms in total. The molecule has 1 saturated carbocycles. The molecule has 1 aliphatic carbocycles. The third-order valence-electron chi connectivity index (χ3n) is 6.77. The summed E-state index contributed by atoms with van der Waals surface area (Å²) in [6.45, 7) is 12.4. The van der Waals surface area contributed by atoms with Crippen molar-refractivity contribution in [3.05, 3.63) is 68.8 Å². The molecule has 2 aliphatic heterocycles. The first-order chi connectivity index (χ1) is 14.3. The van der Waals surface area contributed by atoms with Crippen molar-refractivity contribution in [1.29, 1.82) is 0 Å². The predicted octanol–water partition coefficient (Wildman–Crippen LogP) is 4.48. The summed E-state index contributed by atoms with van der Waals surface area (Å²) < 4.78 is 0. The molecular formula is C25H28N2O3. The van der Waals surface area contributed by atoms with Gasteiger partial charge in [0.15, 0.2) is 6.10 Å². The van der Waals surface area contributed by atoms with Crippen LogP contribution in [0, 0.1) is 47.5 Å². The van der Waals surface area contributed by atoms with E-state index in [1.54, 1.807) is 5.06 Å². The van der Waals surface area contributed by atoms with Crippen LogP contribution in [-0.2, 0) is 9.68 Å². The molecule has 3 aliphatic rings. The third kappa shape index (κ3) is 2.72. The van der Waals surface area contributed by atoms with Crippen LogP contribution in [0.25, 0.3) is 0 Å². The number of carbonyl (C=O) groups is 1. The lowest BCUT2D eigenvalue weighted by molar-refractivity contribution is -0.196. The van der Waals surface area contributed by atoms with Gasteiger partial charge in [0.05, 0.1) is 17.7 Å². The van der Waals surface area contributed by atoms with Crippen LogP contribution in [0.15, 0.2) is 29.4 Å². The van der Waals surface area contributed by atoms with E-state index in [1.807, 2.05) is 13.8 Å². The number of hydroxylamine groups is 2. The molecule has 1 saturated heterocycles. The zero-order chi connectivity index (χ0) is 21.3. The van der Waals surface area contributed by atoms with Crippen molar-refractivity contribution in [3.63, 3.8) is 0 Å². The Morgan fingerprint density at radius 3 is 2.10 bits per heavy atom. The maximum atomic E-state index is 13.5. The summed E-state index contributed by atoms with van der Waals surface area (Å²) in [4.78, 5) is 25.4. The van der Waals surface area contributed by atoms with Gasteiger partial charge in [-0.1, -0.05) is 40.5 Å². The van der Waals surface area contributed by atoms with Gasteiger partial charge in [-0.05, 0) is 63.8 Å². The SMILES string of the molecule is Cc1cc(C)c(C(=O)N2O[C@H]3C[C@@H]2[C@@H]2C(c4c(C)cc(C)cc4C)=NO[C@@H]23)c(C)c1. The second kappa shape index (κ2) is 6.67. The molecule has 0 aromatic heterocycles. The van der Waals surface area contributed by atoms with Gasteiger partial charge in [-0.25, -0.2) is 5.06 Å². The lowest BCUT2D eigenvalue weighted by Gasteiger charge is -2.33. The lowest BCUT2D eigenvalue weighted by Crippen LogP contribution is -2.49. The van der Waals surface area contributed by atoms with Crippen molar-refractivity contribution in [2.24, 2.45) is 11.1 Å². The molecule has 5 heteroatoms. The number of amides is 1. The zero-order valence-electron chi connectivity index (χ0n) is 18.4. The van der Waals surface area contributed by atoms with E-state index in [1.165, 1.54) is 16.7 Å². The van der Waals surface area contributed by atoms with E-state index in [0.717, 1.165) is 39.9 Å².